The smallest absolute Gasteiger partial charge is 0.272 e. The van der Waals surface area contributed by atoms with Crippen molar-refractivity contribution in [3.63, 3.8) is 0 Å². The minimum absolute atomic E-state index is 0.0153. The highest BCUT2D eigenvalue weighted by Crippen LogP contribution is 2.23. The number of nitrogens with zero attached hydrogens (tertiary/aromatic N) is 2. The van der Waals surface area contributed by atoms with E-state index in [9.17, 15) is 4.79 Å². The first-order valence-corrected chi connectivity index (χ1v) is 7.04. The third kappa shape index (κ3) is 2.20. The van der Waals surface area contributed by atoms with Crippen LogP contribution in [0.2, 0.25) is 0 Å². The molecule has 5 heteroatoms. The van der Waals surface area contributed by atoms with Crippen molar-refractivity contribution in [3.05, 3.63) is 54.2 Å². The fourth-order valence-corrected chi connectivity index (χ4v) is 2.82. The summed E-state index contributed by atoms with van der Waals surface area (Å²) in [4.78, 5) is 21.7. The predicted molar refractivity (Wildman–Crippen MR) is 77.9 cm³/mol. The number of carbonyl (C=O) groups is 1. The fraction of sp³-hybridized carbons (Fsp3) is 0.250. The molecule has 0 unspecified atom stereocenters. The Morgan fingerprint density at radius 2 is 2.24 bits per heavy atom. The lowest BCUT2D eigenvalue weighted by Crippen LogP contribution is -2.50. The molecule has 1 fully saturated rings. The standard InChI is InChI=1S/C16H15N3O2/c20-16(15-2-1-13-14(18-15)3-5-17-13)19-8-12(9-19)7-11-4-6-21-10-11/h1-6,10,12,17H,7-9H2. The van der Waals surface area contributed by atoms with Crippen LogP contribution in [0.4, 0.5) is 0 Å². The number of H-pyrrole nitrogens is 1. The van der Waals surface area contributed by atoms with E-state index in [0.29, 0.717) is 11.6 Å². The molecule has 0 atom stereocenters. The molecule has 0 spiro atoms. The minimum Gasteiger partial charge on any atom is -0.472 e. The van der Waals surface area contributed by atoms with Crippen molar-refractivity contribution in [2.75, 3.05) is 13.1 Å². The Balaban J connectivity index is 1.42. The number of nitrogens with one attached hydrogen (secondary N) is 1. The average Bonchev–Trinajstić information content (AvgIpc) is 3.11. The fourth-order valence-electron chi connectivity index (χ4n) is 2.82. The van der Waals surface area contributed by atoms with Gasteiger partial charge in [0.2, 0.25) is 0 Å². The number of rotatable bonds is 3. The summed E-state index contributed by atoms with van der Waals surface area (Å²) in [5.74, 6) is 0.532. The topological polar surface area (TPSA) is 62.1 Å². The van der Waals surface area contributed by atoms with Crippen LogP contribution in [0.25, 0.3) is 11.0 Å². The van der Waals surface area contributed by atoms with Crippen LogP contribution in [0.3, 0.4) is 0 Å². The van der Waals surface area contributed by atoms with Gasteiger partial charge in [0, 0.05) is 19.3 Å². The van der Waals surface area contributed by atoms with Crippen molar-refractivity contribution in [1.29, 1.82) is 0 Å². The van der Waals surface area contributed by atoms with Gasteiger partial charge >= 0.3 is 0 Å². The second-order valence-corrected chi connectivity index (χ2v) is 5.52. The van der Waals surface area contributed by atoms with Crippen LogP contribution in [0.1, 0.15) is 16.1 Å². The molecule has 3 aromatic rings. The van der Waals surface area contributed by atoms with E-state index in [2.05, 4.69) is 9.97 Å². The Morgan fingerprint density at radius 1 is 1.33 bits per heavy atom. The average molecular weight is 281 g/mol. The molecule has 4 rings (SSSR count). The van der Waals surface area contributed by atoms with E-state index >= 15 is 0 Å². The van der Waals surface area contributed by atoms with E-state index in [1.807, 2.05) is 29.3 Å². The summed E-state index contributed by atoms with van der Waals surface area (Å²) in [6, 6.07) is 7.54. The maximum absolute atomic E-state index is 12.4. The number of fused-ring (bicyclic) bond motifs is 1. The highest BCUT2D eigenvalue weighted by Gasteiger charge is 2.31. The van der Waals surface area contributed by atoms with Crippen LogP contribution in [-0.2, 0) is 6.42 Å². The number of hydrogen-bond acceptors (Lipinski definition) is 3. The molecular formula is C16H15N3O2. The molecule has 5 nitrogen and oxygen atoms in total. The third-order valence-electron chi connectivity index (χ3n) is 3.97. The molecule has 1 amide bonds. The highest BCUT2D eigenvalue weighted by molar-refractivity contribution is 5.94. The van der Waals surface area contributed by atoms with Crippen LogP contribution in [0.5, 0.6) is 0 Å². The maximum atomic E-state index is 12.4. The van der Waals surface area contributed by atoms with Crippen LogP contribution in [0, 0.1) is 5.92 Å². The van der Waals surface area contributed by atoms with Crippen molar-refractivity contribution in [1.82, 2.24) is 14.9 Å². The van der Waals surface area contributed by atoms with Gasteiger partial charge in [0.25, 0.3) is 5.91 Å². The number of carbonyl (C=O) groups excluding carboxylic acids is 1. The number of aromatic nitrogens is 2. The van der Waals surface area contributed by atoms with Gasteiger partial charge in [-0.1, -0.05) is 0 Å². The normalized spacial score (nSPS) is 15.3. The summed E-state index contributed by atoms with van der Waals surface area (Å²) >= 11 is 0. The molecule has 0 radical (unpaired) electrons. The van der Waals surface area contributed by atoms with E-state index in [1.54, 1.807) is 18.6 Å². The summed E-state index contributed by atoms with van der Waals surface area (Å²) in [7, 11) is 0. The third-order valence-corrected chi connectivity index (χ3v) is 3.97. The Hall–Kier alpha value is -2.56. The molecule has 1 N–H and O–H groups in total. The SMILES string of the molecule is O=C(c1ccc2[nH]ccc2n1)N1CC(Cc2ccoc2)C1. The zero-order chi connectivity index (χ0) is 14.2. The molecule has 0 bridgehead atoms. The van der Waals surface area contributed by atoms with E-state index in [-0.39, 0.29) is 5.91 Å². The van der Waals surface area contributed by atoms with E-state index in [4.69, 9.17) is 4.42 Å². The Bertz CT molecular complexity index is 770. The molecule has 4 heterocycles. The first-order chi connectivity index (χ1) is 10.3. The molecular weight excluding hydrogens is 266 g/mol. The van der Waals surface area contributed by atoms with Gasteiger partial charge in [-0.15, -0.1) is 0 Å². The lowest BCUT2D eigenvalue weighted by molar-refractivity contribution is 0.0495. The van der Waals surface area contributed by atoms with Gasteiger partial charge < -0.3 is 14.3 Å². The number of hydrogen-bond donors (Lipinski definition) is 1. The molecule has 1 aliphatic heterocycles. The lowest BCUT2D eigenvalue weighted by atomic mass is 9.93. The Morgan fingerprint density at radius 3 is 3.05 bits per heavy atom. The quantitative estimate of drug-likeness (QED) is 0.802. The van der Waals surface area contributed by atoms with Gasteiger partial charge in [0.15, 0.2) is 0 Å². The van der Waals surface area contributed by atoms with E-state index in [0.717, 1.165) is 30.5 Å². The maximum Gasteiger partial charge on any atom is 0.272 e. The van der Waals surface area contributed by atoms with Gasteiger partial charge in [-0.05, 0) is 42.2 Å². The number of furan rings is 1. The van der Waals surface area contributed by atoms with Crippen LogP contribution in [-0.4, -0.2) is 33.9 Å². The largest absolute Gasteiger partial charge is 0.472 e. The molecule has 106 valence electrons. The zero-order valence-electron chi connectivity index (χ0n) is 11.5. The summed E-state index contributed by atoms with van der Waals surface area (Å²) in [5, 5.41) is 0. The van der Waals surface area contributed by atoms with Crippen LogP contribution < -0.4 is 0 Å². The molecule has 1 aliphatic rings. The lowest BCUT2D eigenvalue weighted by Gasteiger charge is -2.39. The molecule has 0 saturated carbocycles. The van der Waals surface area contributed by atoms with Gasteiger partial charge in [-0.3, -0.25) is 4.79 Å². The van der Waals surface area contributed by atoms with Gasteiger partial charge in [0.1, 0.15) is 5.69 Å². The minimum atomic E-state index is 0.0153. The number of pyridine rings is 1. The van der Waals surface area contributed by atoms with Crippen molar-refractivity contribution >= 4 is 16.9 Å². The Labute approximate surface area is 121 Å². The number of likely N-dealkylation sites (tertiary alicyclic amines) is 1. The van der Waals surface area contributed by atoms with Crippen molar-refractivity contribution in [2.45, 2.75) is 6.42 Å². The molecule has 0 aromatic carbocycles. The first kappa shape index (κ1) is 12.2. The van der Waals surface area contributed by atoms with E-state index in [1.165, 1.54) is 5.56 Å². The Kier molecular flexibility index (Phi) is 2.77. The summed E-state index contributed by atoms with van der Waals surface area (Å²) in [6.07, 6.45) is 6.25. The van der Waals surface area contributed by atoms with Gasteiger partial charge in [-0.25, -0.2) is 4.98 Å². The first-order valence-electron chi connectivity index (χ1n) is 7.04. The molecule has 1 saturated heterocycles. The van der Waals surface area contributed by atoms with Crippen molar-refractivity contribution in [2.24, 2.45) is 5.92 Å². The molecule has 3 aromatic heterocycles. The summed E-state index contributed by atoms with van der Waals surface area (Å²) < 4.78 is 5.07. The zero-order valence-corrected chi connectivity index (χ0v) is 11.5. The van der Waals surface area contributed by atoms with Gasteiger partial charge in [-0.2, -0.15) is 0 Å². The molecule has 0 aliphatic carbocycles. The summed E-state index contributed by atoms with van der Waals surface area (Å²) in [5.41, 5.74) is 3.49. The second kappa shape index (κ2) is 4.77. The highest BCUT2D eigenvalue weighted by atomic mass is 16.3. The number of amides is 1. The van der Waals surface area contributed by atoms with Crippen molar-refractivity contribution < 1.29 is 9.21 Å². The predicted octanol–water partition coefficient (Wildman–Crippen LogP) is 2.47. The molecule has 21 heavy (non-hydrogen) atoms. The second-order valence-electron chi connectivity index (χ2n) is 5.52. The van der Waals surface area contributed by atoms with Gasteiger partial charge in [0.05, 0.1) is 23.6 Å². The van der Waals surface area contributed by atoms with Crippen molar-refractivity contribution in [3.8, 4) is 0 Å². The summed E-state index contributed by atoms with van der Waals surface area (Å²) in [6.45, 7) is 1.58. The monoisotopic (exact) mass is 281 g/mol. The van der Waals surface area contributed by atoms with Crippen LogP contribution >= 0.6 is 0 Å². The van der Waals surface area contributed by atoms with Crippen LogP contribution in [0.15, 0.2) is 47.4 Å². The van der Waals surface area contributed by atoms with E-state index < -0.39 is 0 Å². The number of aromatic amines is 1.